The molecular formula is C15H20N2O3. The molecule has 2 aromatic rings. The Morgan fingerprint density at radius 3 is 2.95 bits per heavy atom. The summed E-state index contributed by atoms with van der Waals surface area (Å²) in [5.74, 6) is 0.325. The topological polar surface area (TPSA) is 69.5 Å². The largest absolute Gasteiger partial charge is 0.417 e. The first-order valence-corrected chi connectivity index (χ1v) is 7.15. The SMILES string of the molecule is CC1CCN(CC(O)c2ccc3[nH]c(=O)oc3c2)CC1. The maximum absolute atomic E-state index is 11.1. The number of aromatic nitrogens is 1. The Morgan fingerprint density at radius 2 is 2.20 bits per heavy atom. The van der Waals surface area contributed by atoms with E-state index in [4.69, 9.17) is 4.42 Å². The van der Waals surface area contributed by atoms with Crippen molar-refractivity contribution in [3.05, 3.63) is 34.3 Å². The van der Waals surface area contributed by atoms with Gasteiger partial charge in [0, 0.05) is 6.54 Å². The van der Waals surface area contributed by atoms with Crippen LogP contribution < -0.4 is 5.76 Å². The van der Waals surface area contributed by atoms with Crippen LogP contribution in [0.5, 0.6) is 0 Å². The molecule has 1 atom stereocenters. The molecule has 0 aliphatic carbocycles. The molecule has 0 bridgehead atoms. The lowest BCUT2D eigenvalue weighted by atomic mass is 9.98. The van der Waals surface area contributed by atoms with Crippen LogP contribution in [0.2, 0.25) is 0 Å². The fourth-order valence-corrected chi connectivity index (χ4v) is 2.76. The number of hydrogen-bond donors (Lipinski definition) is 2. The average Bonchev–Trinajstić information content (AvgIpc) is 2.80. The molecule has 1 aromatic heterocycles. The third-order valence-corrected chi connectivity index (χ3v) is 4.14. The molecule has 1 saturated heterocycles. The number of fused-ring (bicyclic) bond motifs is 1. The molecule has 2 heterocycles. The number of aromatic amines is 1. The Balaban J connectivity index is 1.71. The van der Waals surface area contributed by atoms with Gasteiger partial charge in [-0.3, -0.25) is 4.98 Å². The first kappa shape index (κ1) is 13.4. The van der Waals surface area contributed by atoms with Crippen LogP contribution in [-0.2, 0) is 0 Å². The molecule has 20 heavy (non-hydrogen) atoms. The quantitative estimate of drug-likeness (QED) is 0.898. The highest BCUT2D eigenvalue weighted by Gasteiger charge is 2.19. The standard InChI is InChI=1S/C15H20N2O3/c1-10-4-6-17(7-5-10)9-13(18)11-2-3-12-14(8-11)20-15(19)16-12/h2-3,8,10,13,18H,4-7,9H2,1H3,(H,16,19). The number of nitrogens with one attached hydrogen (secondary N) is 1. The van der Waals surface area contributed by atoms with E-state index >= 15 is 0 Å². The van der Waals surface area contributed by atoms with Crippen LogP contribution >= 0.6 is 0 Å². The highest BCUT2D eigenvalue weighted by molar-refractivity contribution is 5.72. The van der Waals surface area contributed by atoms with Crippen molar-refractivity contribution in [2.45, 2.75) is 25.9 Å². The maximum Gasteiger partial charge on any atom is 0.417 e. The summed E-state index contributed by atoms with van der Waals surface area (Å²) in [4.78, 5) is 16.0. The minimum atomic E-state index is -0.548. The average molecular weight is 276 g/mol. The van der Waals surface area contributed by atoms with E-state index in [1.807, 2.05) is 6.07 Å². The van der Waals surface area contributed by atoms with E-state index in [0.717, 1.165) is 24.6 Å². The number of H-pyrrole nitrogens is 1. The number of aliphatic hydroxyl groups is 1. The maximum atomic E-state index is 11.1. The normalized spacial score (nSPS) is 19.5. The zero-order valence-corrected chi connectivity index (χ0v) is 11.6. The molecule has 1 aromatic carbocycles. The van der Waals surface area contributed by atoms with Crippen molar-refractivity contribution in [1.29, 1.82) is 0 Å². The van der Waals surface area contributed by atoms with E-state index < -0.39 is 11.9 Å². The molecule has 1 aliphatic rings. The Morgan fingerprint density at radius 1 is 1.45 bits per heavy atom. The van der Waals surface area contributed by atoms with Gasteiger partial charge in [0.25, 0.3) is 0 Å². The summed E-state index contributed by atoms with van der Waals surface area (Å²) in [6, 6.07) is 5.35. The molecule has 0 amide bonds. The smallest absolute Gasteiger partial charge is 0.408 e. The molecule has 3 rings (SSSR count). The number of piperidine rings is 1. The van der Waals surface area contributed by atoms with E-state index in [1.165, 1.54) is 12.8 Å². The molecule has 5 heteroatoms. The lowest BCUT2D eigenvalue weighted by Gasteiger charge is -2.31. The highest BCUT2D eigenvalue weighted by Crippen LogP contribution is 2.22. The molecule has 5 nitrogen and oxygen atoms in total. The van der Waals surface area contributed by atoms with Gasteiger partial charge >= 0.3 is 5.76 Å². The first-order valence-electron chi connectivity index (χ1n) is 7.15. The van der Waals surface area contributed by atoms with Crippen LogP contribution in [-0.4, -0.2) is 34.6 Å². The van der Waals surface area contributed by atoms with Gasteiger partial charge in [-0.25, -0.2) is 4.79 Å². The number of aliphatic hydroxyl groups excluding tert-OH is 1. The molecule has 1 aliphatic heterocycles. The zero-order valence-electron chi connectivity index (χ0n) is 11.6. The summed E-state index contributed by atoms with van der Waals surface area (Å²) in [7, 11) is 0. The van der Waals surface area contributed by atoms with Crippen LogP contribution in [0.1, 0.15) is 31.4 Å². The van der Waals surface area contributed by atoms with E-state index in [0.29, 0.717) is 17.6 Å². The summed E-state index contributed by atoms with van der Waals surface area (Å²) in [6.45, 7) is 4.99. The van der Waals surface area contributed by atoms with Crippen molar-refractivity contribution in [3.63, 3.8) is 0 Å². The molecule has 0 radical (unpaired) electrons. The Kier molecular flexibility index (Phi) is 3.63. The number of β-amino-alcohol motifs (C(OH)–C–C–N with tert-alkyl or cyclic N) is 1. The number of hydrogen-bond acceptors (Lipinski definition) is 4. The minimum absolute atomic E-state index is 0.461. The van der Waals surface area contributed by atoms with Gasteiger partial charge in [0.1, 0.15) is 0 Å². The van der Waals surface area contributed by atoms with Crippen molar-refractivity contribution in [3.8, 4) is 0 Å². The van der Waals surface area contributed by atoms with Crippen molar-refractivity contribution >= 4 is 11.1 Å². The van der Waals surface area contributed by atoms with Gasteiger partial charge in [0.2, 0.25) is 0 Å². The van der Waals surface area contributed by atoms with Crippen molar-refractivity contribution in [1.82, 2.24) is 9.88 Å². The van der Waals surface area contributed by atoms with Gasteiger partial charge in [-0.05, 0) is 49.5 Å². The molecule has 1 unspecified atom stereocenters. The summed E-state index contributed by atoms with van der Waals surface area (Å²) < 4.78 is 5.03. The van der Waals surface area contributed by atoms with Gasteiger partial charge in [-0.15, -0.1) is 0 Å². The predicted octanol–water partition coefficient (Wildman–Crippen LogP) is 1.89. The van der Waals surface area contributed by atoms with Crippen molar-refractivity contribution in [2.24, 2.45) is 5.92 Å². The van der Waals surface area contributed by atoms with E-state index in [-0.39, 0.29) is 0 Å². The van der Waals surface area contributed by atoms with Crippen LogP contribution in [0, 0.1) is 5.92 Å². The lowest BCUT2D eigenvalue weighted by molar-refractivity contribution is 0.0916. The number of benzene rings is 1. The van der Waals surface area contributed by atoms with Crippen LogP contribution in [0.3, 0.4) is 0 Å². The van der Waals surface area contributed by atoms with Crippen LogP contribution in [0.15, 0.2) is 27.4 Å². The second-order valence-electron chi connectivity index (χ2n) is 5.77. The monoisotopic (exact) mass is 276 g/mol. The summed E-state index contributed by atoms with van der Waals surface area (Å²) in [5, 5.41) is 10.3. The van der Waals surface area contributed by atoms with Gasteiger partial charge in [-0.1, -0.05) is 13.0 Å². The van der Waals surface area contributed by atoms with Crippen molar-refractivity contribution < 1.29 is 9.52 Å². The minimum Gasteiger partial charge on any atom is -0.408 e. The van der Waals surface area contributed by atoms with Gasteiger partial charge < -0.3 is 14.4 Å². The van der Waals surface area contributed by atoms with Crippen molar-refractivity contribution in [2.75, 3.05) is 19.6 Å². The lowest BCUT2D eigenvalue weighted by Crippen LogP contribution is -2.35. The molecule has 108 valence electrons. The predicted molar refractivity (Wildman–Crippen MR) is 76.6 cm³/mol. The zero-order chi connectivity index (χ0) is 14.1. The summed E-state index contributed by atoms with van der Waals surface area (Å²) >= 11 is 0. The van der Waals surface area contributed by atoms with E-state index in [9.17, 15) is 9.90 Å². The molecule has 2 N–H and O–H groups in total. The number of nitrogens with zero attached hydrogens (tertiary/aromatic N) is 1. The van der Waals surface area contributed by atoms with Gasteiger partial charge in [0.05, 0.1) is 11.6 Å². The first-order chi connectivity index (χ1) is 9.61. The van der Waals surface area contributed by atoms with Crippen LogP contribution in [0.4, 0.5) is 0 Å². The van der Waals surface area contributed by atoms with E-state index in [2.05, 4.69) is 16.8 Å². The summed E-state index contributed by atoms with van der Waals surface area (Å²) in [6.07, 6.45) is 1.84. The number of oxazole rings is 1. The Bertz CT molecular complexity index is 638. The molecular weight excluding hydrogens is 256 g/mol. The Labute approximate surface area is 117 Å². The third kappa shape index (κ3) is 2.78. The third-order valence-electron chi connectivity index (χ3n) is 4.14. The highest BCUT2D eigenvalue weighted by atomic mass is 16.4. The molecule has 0 spiro atoms. The fraction of sp³-hybridized carbons (Fsp3) is 0.533. The molecule has 1 fully saturated rings. The van der Waals surface area contributed by atoms with E-state index in [1.54, 1.807) is 12.1 Å². The fourth-order valence-electron chi connectivity index (χ4n) is 2.76. The second kappa shape index (κ2) is 5.42. The Hall–Kier alpha value is -1.59. The van der Waals surface area contributed by atoms with Gasteiger partial charge in [0.15, 0.2) is 5.58 Å². The molecule has 0 saturated carbocycles. The van der Waals surface area contributed by atoms with Crippen LogP contribution in [0.25, 0.3) is 11.1 Å². The summed E-state index contributed by atoms with van der Waals surface area (Å²) in [5.41, 5.74) is 1.95. The number of rotatable bonds is 3. The van der Waals surface area contributed by atoms with Gasteiger partial charge in [-0.2, -0.15) is 0 Å². The second-order valence-corrected chi connectivity index (χ2v) is 5.77. The number of likely N-dealkylation sites (tertiary alicyclic amines) is 1.